The molecule has 0 radical (unpaired) electrons. The van der Waals surface area contributed by atoms with Gasteiger partial charge in [0.1, 0.15) is 11.2 Å². The minimum Gasteiger partial charge on any atom is -0.456 e. The highest BCUT2D eigenvalue weighted by Gasteiger charge is 2.19. The highest BCUT2D eigenvalue weighted by Crippen LogP contribution is 2.42. The molecule has 0 aliphatic carbocycles. The molecule has 0 aliphatic heterocycles. The average molecular weight is 747 g/mol. The van der Waals surface area contributed by atoms with Gasteiger partial charge in [-0.15, -0.1) is 11.3 Å². The Balaban J connectivity index is 1.00. The fraction of sp³-hybridized carbons (Fsp3) is 0. The molecule has 12 aromatic rings. The number of hydrogen-bond acceptors (Lipinski definition) is 5. The second-order valence-electron chi connectivity index (χ2n) is 14.4. The van der Waals surface area contributed by atoms with E-state index in [0.717, 1.165) is 44.3 Å². The number of thiophene rings is 1. The predicted molar refractivity (Wildman–Crippen MR) is 236 cm³/mol. The smallest absolute Gasteiger partial charge is 0.164 e. The van der Waals surface area contributed by atoms with Crippen molar-refractivity contribution in [2.24, 2.45) is 0 Å². The van der Waals surface area contributed by atoms with Gasteiger partial charge in [-0.2, -0.15) is 0 Å². The van der Waals surface area contributed by atoms with Crippen LogP contribution in [-0.2, 0) is 0 Å². The van der Waals surface area contributed by atoms with Gasteiger partial charge in [0.05, 0.1) is 11.0 Å². The van der Waals surface area contributed by atoms with Crippen LogP contribution in [0.25, 0.3) is 115 Å². The fourth-order valence-electron chi connectivity index (χ4n) is 8.40. The van der Waals surface area contributed by atoms with Crippen molar-refractivity contribution in [1.82, 2.24) is 19.5 Å². The summed E-state index contributed by atoms with van der Waals surface area (Å²) in [6.07, 6.45) is 0. The Bertz CT molecular complexity index is 3530. The molecule has 0 fully saturated rings. The summed E-state index contributed by atoms with van der Waals surface area (Å²) in [6.45, 7) is 0. The Labute approximate surface area is 330 Å². The van der Waals surface area contributed by atoms with Gasteiger partial charge in [0.2, 0.25) is 0 Å². The van der Waals surface area contributed by atoms with Crippen LogP contribution < -0.4 is 0 Å². The molecule has 0 saturated carbocycles. The van der Waals surface area contributed by atoms with Crippen molar-refractivity contribution in [3.8, 4) is 51.0 Å². The Morgan fingerprint density at radius 3 is 1.84 bits per heavy atom. The first kappa shape index (κ1) is 31.9. The molecular weight excluding hydrogens is 717 g/mol. The number of fused-ring (bicyclic) bond motifs is 9. The zero-order valence-corrected chi connectivity index (χ0v) is 31.2. The number of benzene rings is 8. The summed E-state index contributed by atoms with van der Waals surface area (Å²) in [6, 6.07) is 64.0. The number of para-hydroxylation sites is 4. The minimum absolute atomic E-state index is 0.619. The molecule has 0 N–H and O–H groups in total. The monoisotopic (exact) mass is 746 g/mol. The molecule has 8 aromatic carbocycles. The minimum atomic E-state index is 0.619. The third kappa shape index (κ3) is 5.12. The zero-order chi connectivity index (χ0) is 37.5. The first-order chi connectivity index (χ1) is 28.2. The molecule has 0 unspecified atom stereocenters. The summed E-state index contributed by atoms with van der Waals surface area (Å²) in [4.78, 5) is 15.2. The van der Waals surface area contributed by atoms with Gasteiger partial charge in [0.25, 0.3) is 0 Å². The summed E-state index contributed by atoms with van der Waals surface area (Å²) in [5.41, 5.74) is 10.5. The van der Waals surface area contributed by atoms with Crippen LogP contribution in [0.1, 0.15) is 0 Å². The predicted octanol–water partition coefficient (Wildman–Crippen LogP) is 13.9. The van der Waals surface area contributed by atoms with Crippen molar-refractivity contribution in [3.05, 3.63) is 182 Å². The molecule has 6 heteroatoms. The Hall–Kier alpha value is -7.41. The van der Waals surface area contributed by atoms with Gasteiger partial charge < -0.3 is 8.98 Å². The molecule has 0 amide bonds. The summed E-state index contributed by atoms with van der Waals surface area (Å²) < 4.78 is 11.0. The number of furan rings is 1. The summed E-state index contributed by atoms with van der Waals surface area (Å²) >= 11 is 1.82. The van der Waals surface area contributed by atoms with Gasteiger partial charge in [-0.05, 0) is 72.3 Å². The first-order valence-electron chi connectivity index (χ1n) is 19.0. The first-order valence-corrected chi connectivity index (χ1v) is 19.8. The summed E-state index contributed by atoms with van der Waals surface area (Å²) in [5.74, 6) is 1.89. The second kappa shape index (κ2) is 12.6. The van der Waals surface area contributed by atoms with Crippen LogP contribution in [0.5, 0.6) is 0 Å². The Kier molecular flexibility index (Phi) is 7.03. The van der Waals surface area contributed by atoms with E-state index in [1.54, 1.807) is 0 Å². The lowest BCUT2D eigenvalue weighted by molar-refractivity contribution is 0.669. The second-order valence-corrected chi connectivity index (χ2v) is 15.5. The van der Waals surface area contributed by atoms with Crippen LogP contribution in [-0.4, -0.2) is 19.5 Å². The van der Waals surface area contributed by atoms with E-state index in [-0.39, 0.29) is 0 Å². The standard InChI is InChI=1S/C51H30N4OS/c1-3-12-31(13-4-1)49-52-50(33-23-26-45-41(28-33)38-17-8-10-21-44(38)56-45)54-51(53-49)34-24-27-46-42(29-34)39-25-22-32(30-47(39)57-46)36-18-11-19-40-37-16-7-9-20-43(37)55(48(36)40)35-14-5-2-6-15-35/h1-30H. The number of hydrogen-bond donors (Lipinski definition) is 0. The highest BCUT2D eigenvalue weighted by atomic mass is 32.1. The largest absolute Gasteiger partial charge is 0.456 e. The van der Waals surface area contributed by atoms with E-state index in [1.807, 2.05) is 72.0 Å². The van der Waals surface area contributed by atoms with E-state index in [1.165, 1.54) is 53.1 Å². The Morgan fingerprint density at radius 1 is 0.386 bits per heavy atom. The third-order valence-electron chi connectivity index (χ3n) is 11.1. The lowest BCUT2D eigenvalue weighted by atomic mass is 10.00. The van der Waals surface area contributed by atoms with Crippen LogP contribution in [0.2, 0.25) is 0 Å². The fourth-order valence-corrected chi connectivity index (χ4v) is 9.52. The van der Waals surface area contributed by atoms with E-state index >= 15 is 0 Å². The number of nitrogens with zero attached hydrogens (tertiary/aromatic N) is 4. The van der Waals surface area contributed by atoms with Crippen molar-refractivity contribution in [3.63, 3.8) is 0 Å². The van der Waals surface area contributed by atoms with Crippen molar-refractivity contribution >= 4 is 75.3 Å². The Morgan fingerprint density at radius 2 is 1.02 bits per heavy atom. The summed E-state index contributed by atoms with van der Waals surface area (Å²) in [5, 5.41) is 7.00. The molecule has 0 aliphatic rings. The maximum Gasteiger partial charge on any atom is 0.164 e. The van der Waals surface area contributed by atoms with Gasteiger partial charge >= 0.3 is 0 Å². The van der Waals surface area contributed by atoms with Gasteiger partial charge in [-0.1, -0.05) is 115 Å². The van der Waals surface area contributed by atoms with Crippen molar-refractivity contribution in [1.29, 1.82) is 0 Å². The van der Waals surface area contributed by atoms with E-state index < -0.39 is 0 Å². The molecule has 0 saturated heterocycles. The van der Waals surface area contributed by atoms with E-state index in [0.29, 0.717) is 17.5 Å². The molecule has 4 aromatic heterocycles. The third-order valence-corrected chi connectivity index (χ3v) is 12.2. The normalized spacial score (nSPS) is 11.9. The quantitative estimate of drug-likeness (QED) is 0.176. The maximum atomic E-state index is 6.13. The van der Waals surface area contributed by atoms with E-state index in [2.05, 4.69) is 126 Å². The average Bonchev–Trinajstić information content (AvgIpc) is 3.95. The van der Waals surface area contributed by atoms with Crippen LogP contribution in [0, 0.1) is 0 Å². The van der Waals surface area contributed by atoms with E-state index in [4.69, 9.17) is 19.4 Å². The van der Waals surface area contributed by atoms with Gasteiger partial charge in [0, 0.05) is 69.7 Å². The molecule has 57 heavy (non-hydrogen) atoms. The van der Waals surface area contributed by atoms with Gasteiger partial charge in [0.15, 0.2) is 17.5 Å². The lowest BCUT2D eigenvalue weighted by Gasteiger charge is -2.12. The van der Waals surface area contributed by atoms with Gasteiger partial charge in [-0.25, -0.2) is 15.0 Å². The van der Waals surface area contributed by atoms with Crippen molar-refractivity contribution in [2.45, 2.75) is 0 Å². The lowest BCUT2D eigenvalue weighted by Crippen LogP contribution is -2.00. The molecule has 12 rings (SSSR count). The van der Waals surface area contributed by atoms with Crippen LogP contribution in [0.4, 0.5) is 0 Å². The van der Waals surface area contributed by atoms with Crippen LogP contribution in [0.3, 0.4) is 0 Å². The topological polar surface area (TPSA) is 56.7 Å². The number of aromatic nitrogens is 4. The molecule has 0 bridgehead atoms. The molecule has 5 nitrogen and oxygen atoms in total. The van der Waals surface area contributed by atoms with Crippen LogP contribution >= 0.6 is 11.3 Å². The molecule has 0 atom stereocenters. The van der Waals surface area contributed by atoms with Crippen LogP contribution in [0.15, 0.2) is 186 Å². The van der Waals surface area contributed by atoms with Crippen molar-refractivity contribution < 1.29 is 4.42 Å². The SMILES string of the molecule is c1ccc(-c2nc(-c3ccc4oc5ccccc5c4c3)nc(-c3ccc4sc5cc(-c6cccc7c8ccccc8n(-c8ccccc8)c67)ccc5c4c3)n2)cc1. The molecular formula is C51H30N4OS. The molecule has 0 spiro atoms. The van der Waals surface area contributed by atoms with E-state index in [9.17, 15) is 0 Å². The molecule has 266 valence electrons. The van der Waals surface area contributed by atoms with Crippen molar-refractivity contribution in [2.75, 3.05) is 0 Å². The number of rotatable bonds is 5. The molecule has 4 heterocycles. The summed E-state index contributed by atoms with van der Waals surface area (Å²) in [7, 11) is 0. The zero-order valence-electron chi connectivity index (χ0n) is 30.4. The highest BCUT2D eigenvalue weighted by molar-refractivity contribution is 7.25. The maximum absolute atomic E-state index is 6.13. The van der Waals surface area contributed by atoms with Gasteiger partial charge in [-0.3, -0.25) is 0 Å².